The van der Waals surface area contributed by atoms with Gasteiger partial charge in [0.05, 0.1) is 0 Å². The molecule has 1 nitrogen and oxygen atoms in total. The van der Waals surface area contributed by atoms with Crippen molar-refractivity contribution >= 4 is 22.7 Å². The summed E-state index contributed by atoms with van der Waals surface area (Å²) in [6, 6.07) is 6.97. The molecule has 3 heteroatoms. The van der Waals surface area contributed by atoms with Crippen LogP contribution in [-0.2, 0) is 5.75 Å². The zero-order valence-corrected chi connectivity index (χ0v) is 8.12. The fraction of sp³-hybridized carbons (Fsp3) is 0.200. The smallest absolute Gasteiger partial charge is 0.132 e. The summed E-state index contributed by atoms with van der Waals surface area (Å²) < 4.78 is 13.2. The van der Waals surface area contributed by atoms with Gasteiger partial charge in [-0.3, -0.25) is 0 Å². The van der Waals surface area contributed by atoms with E-state index >= 15 is 0 Å². The molecule has 0 amide bonds. The Balaban J connectivity index is 2.55. The van der Waals surface area contributed by atoms with Crippen LogP contribution >= 0.6 is 11.8 Å². The number of fused-ring (bicyclic) bond motifs is 1. The number of halogens is 1. The third-order valence-corrected chi connectivity index (χ3v) is 2.57. The first-order valence-electron chi connectivity index (χ1n) is 4.06. The predicted octanol–water partition coefficient (Wildman–Crippen LogP) is 3.17. The fourth-order valence-electron chi connectivity index (χ4n) is 1.41. The second-order valence-electron chi connectivity index (χ2n) is 2.93. The van der Waals surface area contributed by atoms with Crippen molar-refractivity contribution in [1.82, 2.24) is 4.98 Å². The summed E-state index contributed by atoms with van der Waals surface area (Å²) in [6.45, 7) is 0. The standard InChI is InChI=1S/C10H10FNS/c1-13-6-7-5-8-9(11)3-2-4-10(8)12-7/h2-5,12H,6H2,1H3. The maximum absolute atomic E-state index is 13.2. The van der Waals surface area contributed by atoms with Crippen molar-refractivity contribution in [3.63, 3.8) is 0 Å². The van der Waals surface area contributed by atoms with Crippen molar-refractivity contribution in [1.29, 1.82) is 0 Å². The summed E-state index contributed by atoms with van der Waals surface area (Å²) in [5.41, 5.74) is 1.96. The summed E-state index contributed by atoms with van der Waals surface area (Å²) in [5, 5.41) is 0.687. The van der Waals surface area contributed by atoms with Gasteiger partial charge in [-0.1, -0.05) is 6.07 Å². The first-order valence-corrected chi connectivity index (χ1v) is 5.45. The highest BCUT2D eigenvalue weighted by Gasteiger charge is 2.03. The third kappa shape index (κ3) is 1.56. The SMILES string of the molecule is CSCc1cc2c(F)cccc2[nH]1. The number of H-pyrrole nitrogens is 1. The van der Waals surface area contributed by atoms with E-state index in [1.54, 1.807) is 17.8 Å². The van der Waals surface area contributed by atoms with Crippen molar-refractivity contribution in [2.24, 2.45) is 0 Å². The van der Waals surface area contributed by atoms with Crippen LogP contribution < -0.4 is 0 Å². The number of benzene rings is 1. The van der Waals surface area contributed by atoms with E-state index in [1.807, 2.05) is 18.4 Å². The Bertz CT molecular complexity index is 422. The van der Waals surface area contributed by atoms with Crippen LogP contribution in [0.15, 0.2) is 24.3 Å². The average Bonchev–Trinajstić information content (AvgIpc) is 2.49. The van der Waals surface area contributed by atoms with Crippen molar-refractivity contribution < 1.29 is 4.39 Å². The third-order valence-electron chi connectivity index (χ3n) is 1.97. The lowest BCUT2D eigenvalue weighted by Gasteiger charge is -1.89. The normalized spacial score (nSPS) is 10.9. The summed E-state index contributed by atoms with van der Waals surface area (Å²) in [7, 11) is 0. The lowest BCUT2D eigenvalue weighted by molar-refractivity contribution is 0.640. The van der Waals surface area contributed by atoms with Gasteiger partial charge in [0.25, 0.3) is 0 Å². The highest BCUT2D eigenvalue weighted by Crippen LogP contribution is 2.20. The van der Waals surface area contributed by atoms with Gasteiger partial charge in [-0.2, -0.15) is 11.8 Å². The minimum atomic E-state index is -0.152. The second-order valence-corrected chi connectivity index (χ2v) is 3.79. The van der Waals surface area contributed by atoms with Gasteiger partial charge in [-0.25, -0.2) is 4.39 Å². The molecule has 1 aromatic heterocycles. The molecule has 0 aliphatic carbocycles. The van der Waals surface area contributed by atoms with Crippen molar-refractivity contribution in [2.75, 3.05) is 6.26 Å². The first kappa shape index (κ1) is 8.63. The molecule has 68 valence electrons. The van der Waals surface area contributed by atoms with Gasteiger partial charge in [-0.05, 0) is 24.5 Å². The summed E-state index contributed by atoms with van der Waals surface area (Å²) in [5.74, 6) is 0.745. The molecule has 1 heterocycles. The Kier molecular flexibility index (Phi) is 2.27. The number of rotatable bonds is 2. The Labute approximate surface area is 80.3 Å². The molecule has 0 radical (unpaired) electrons. The molecule has 2 rings (SSSR count). The van der Waals surface area contributed by atoms with Crippen LogP contribution in [0, 0.1) is 5.82 Å². The van der Waals surface area contributed by atoms with Crippen molar-refractivity contribution in [3.05, 3.63) is 35.8 Å². The van der Waals surface area contributed by atoms with Gasteiger partial charge in [0.2, 0.25) is 0 Å². The van der Waals surface area contributed by atoms with Gasteiger partial charge in [0.15, 0.2) is 0 Å². The molecule has 1 N–H and O–H groups in total. The predicted molar refractivity (Wildman–Crippen MR) is 55.5 cm³/mol. The van der Waals surface area contributed by atoms with E-state index in [9.17, 15) is 4.39 Å². The minimum absolute atomic E-state index is 0.152. The molecule has 0 unspecified atom stereocenters. The molecule has 0 fully saturated rings. The van der Waals surface area contributed by atoms with Crippen molar-refractivity contribution in [3.8, 4) is 0 Å². The van der Waals surface area contributed by atoms with E-state index in [2.05, 4.69) is 4.98 Å². The molecule has 0 aliphatic heterocycles. The van der Waals surface area contributed by atoms with Gasteiger partial charge in [-0.15, -0.1) is 0 Å². The highest BCUT2D eigenvalue weighted by molar-refractivity contribution is 7.97. The van der Waals surface area contributed by atoms with E-state index in [4.69, 9.17) is 0 Å². The number of hydrogen-bond acceptors (Lipinski definition) is 1. The van der Waals surface area contributed by atoms with Crippen molar-refractivity contribution in [2.45, 2.75) is 5.75 Å². The molecule has 0 spiro atoms. The fourth-order valence-corrected chi connectivity index (χ4v) is 1.88. The van der Waals surface area contributed by atoms with Gasteiger partial charge in [0, 0.05) is 22.3 Å². The molecular weight excluding hydrogens is 185 g/mol. The lowest BCUT2D eigenvalue weighted by atomic mass is 10.2. The number of aromatic nitrogens is 1. The Morgan fingerprint density at radius 1 is 1.46 bits per heavy atom. The molecular formula is C10H10FNS. The van der Waals surface area contributed by atoms with Crippen LogP contribution in [0.4, 0.5) is 4.39 Å². The number of aromatic amines is 1. The van der Waals surface area contributed by atoms with E-state index < -0.39 is 0 Å². The van der Waals surface area contributed by atoms with Gasteiger partial charge >= 0.3 is 0 Å². The van der Waals surface area contributed by atoms with Crippen LogP contribution in [0.2, 0.25) is 0 Å². The highest BCUT2D eigenvalue weighted by atomic mass is 32.2. The Hall–Kier alpha value is -0.960. The number of thioether (sulfide) groups is 1. The van der Waals surface area contributed by atoms with Crippen LogP contribution in [0.5, 0.6) is 0 Å². The summed E-state index contributed by atoms with van der Waals surface area (Å²) in [4.78, 5) is 3.18. The molecule has 0 atom stereocenters. The quantitative estimate of drug-likeness (QED) is 0.778. The first-order chi connectivity index (χ1) is 6.31. The van der Waals surface area contributed by atoms with Crippen LogP contribution in [0.1, 0.15) is 5.69 Å². The van der Waals surface area contributed by atoms with Crippen LogP contribution in [0.3, 0.4) is 0 Å². The molecule has 0 saturated carbocycles. The van der Waals surface area contributed by atoms with E-state index in [-0.39, 0.29) is 5.82 Å². The van der Waals surface area contributed by atoms with E-state index in [0.717, 1.165) is 17.0 Å². The largest absolute Gasteiger partial charge is 0.358 e. The second kappa shape index (κ2) is 3.42. The lowest BCUT2D eigenvalue weighted by Crippen LogP contribution is -1.75. The van der Waals surface area contributed by atoms with E-state index in [0.29, 0.717) is 5.39 Å². The zero-order valence-electron chi connectivity index (χ0n) is 7.30. The monoisotopic (exact) mass is 195 g/mol. The maximum atomic E-state index is 13.2. The number of nitrogens with one attached hydrogen (secondary N) is 1. The molecule has 0 bridgehead atoms. The minimum Gasteiger partial charge on any atom is -0.358 e. The van der Waals surface area contributed by atoms with Gasteiger partial charge in [0.1, 0.15) is 5.82 Å². The van der Waals surface area contributed by atoms with Gasteiger partial charge < -0.3 is 4.98 Å². The van der Waals surface area contributed by atoms with E-state index in [1.165, 1.54) is 6.07 Å². The average molecular weight is 195 g/mol. The number of hydrogen-bond donors (Lipinski definition) is 1. The molecule has 0 saturated heterocycles. The molecule has 2 aromatic rings. The topological polar surface area (TPSA) is 15.8 Å². The Morgan fingerprint density at radius 3 is 3.00 bits per heavy atom. The maximum Gasteiger partial charge on any atom is 0.132 e. The zero-order chi connectivity index (χ0) is 9.26. The molecule has 1 aromatic carbocycles. The van der Waals surface area contributed by atoms with Crippen LogP contribution in [-0.4, -0.2) is 11.2 Å². The molecule has 0 aliphatic rings. The molecule has 13 heavy (non-hydrogen) atoms. The summed E-state index contributed by atoms with van der Waals surface area (Å²) in [6.07, 6.45) is 2.03. The van der Waals surface area contributed by atoms with Crippen LogP contribution in [0.25, 0.3) is 10.9 Å². The Morgan fingerprint density at radius 2 is 2.31 bits per heavy atom. The summed E-state index contributed by atoms with van der Waals surface area (Å²) >= 11 is 1.72.